The molecule has 0 aliphatic heterocycles. The molecule has 5 nitrogen and oxygen atoms in total. The number of rotatable bonds is 4. The van der Waals surface area contributed by atoms with Crippen LogP contribution in [0.1, 0.15) is 29.4 Å². The molecular formula is C15H17FN4O. The minimum atomic E-state index is -0.279. The van der Waals surface area contributed by atoms with Gasteiger partial charge in [-0.1, -0.05) is 0 Å². The van der Waals surface area contributed by atoms with E-state index in [9.17, 15) is 4.39 Å². The van der Waals surface area contributed by atoms with Gasteiger partial charge in [0.1, 0.15) is 11.5 Å². The summed E-state index contributed by atoms with van der Waals surface area (Å²) in [5.41, 5.74) is 3.28. The minimum absolute atomic E-state index is 0.122. The van der Waals surface area contributed by atoms with Gasteiger partial charge in [0.25, 0.3) is 0 Å². The van der Waals surface area contributed by atoms with Gasteiger partial charge in [-0.25, -0.2) is 4.98 Å². The number of aryl methyl sites for hydroxylation is 2. The standard InChI is InChI=1S/C15H17FN4O/c1-8-11(12-4-10(12)6-16)5-14(20-19-8)13-7-17-9(2)18-15(13)21-3/h5,7,10,12H,4,6H2,1-3H3/t10-,12+/m1/s1. The van der Waals surface area contributed by atoms with Crippen molar-refractivity contribution >= 4 is 0 Å². The van der Waals surface area contributed by atoms with E-state index in [1.165, 1.54) is 0 Å². The average Bonchev–Trinajstić information content (AvgIpc) is 3.27. The molecule has 0 N–H and O–H groups in total. The fourth-order valence-electron chi connectivity index (χ4n) is 2.55. The third-order valence-corrected chi connectivity index (χ3v) is 3.88. The molecule has 1 saturated carbocycles. The van der Waals surface area contributed by atoms with Crippen molar-refractivity contribution in [2.24, 2.45) is 5.92 Å². The average molecular weight is 288 g/mol. The fourth-order valence-corrected chi connectivity index (χ4v) is 2.55. The van der Waals surface area contributed by atoms with E-state index in [0.29, 0.717) is 23.0 Å². The third-order valence-electron chi connectivity index (χ3n) is 3.88. The Kier molecular flexibility index (Phi) is 3.53. The Hall–Kier alpha value is -2.11. The smallest absolute Gasteiger partial charge is 0.226 e. The molecule has 6 heteroatoms. The monoisotopic (exact) mass is 288 g/mol. The Morgan fingerprint density at radius 3 is 2.81 bits per heavy atom. The van der Waals surface area contributed by atoms with Crippen molar-refractivity contribution < 1.29 is 9.13 Å². The van der Waals surface area contributed by atoms with Crippen LogP contribution in [-0.4, -0.2) is 33.9 Å². The zero-order valence-electron chi connectivity index (χ0n) is 12.3. The van der Waals surface area contributed by atoms with Gasteiger partial charge in [0, 0.05) is 6.20 Å². The molecule has 0 spiro atoms. The molecule has 1 fully saturated rings. The molecule has 2 heterocycles. The summed E-state index contributed by atoms with van der Waals surface area (Å²) in [6.07, 6.45) is 2.56. The van der Waals surface area contributed by atoms with E-state index in [0.717, 1.165) is 17.7 Å². The highest BCUT2D eigenvalue weighted by atomic mass is 19.1. The van der Waals surface area contributed by atoms with Crippen LogP contribution in [0.4, 0.5) is 4.39 Å². The number of halogens is 1. The van der Waals surface area contributed by atoms with Gasteiger partial charge >= 0.3 is 0 Å². The highest BCUT2D eigenvalue weighted by Gasteiger charge is 2.39. The Balaban J connectivity index is 2.02. The van der Waals surface area contributed by atoms with Crippen LogP contribution in [0, 0.1) is 19.8 Å². The number of alkyl halides is 1. The molecule has 0 aromatic carbocycles. The van der Waals surface area contributed by atoms with E-state index in [2.05, 4.69) is 20.2 Å². The summed E-state index contributed by atoms with van der Waals surface area (Å²) in [7, 11) is 1.56. The first-order valence-electron chi connectivity index (χ1n) is 6.92. The molecule has 3 rings (SSSR count). The van der Waals surface area contributed by atoms with Crippen molar-refractivity contribution in [2.45, 2.75) is 26.2 Å². The molecule has 2 aromatic heterocycles. The highest BCUT2D eigenvalue weighted by molar-refractivity contribution is 5.64. The summed E-state index contributed by atoms with van der Waals surface area (Å²) in [6.45, 7) is 3.43. The lowest BCUT2D eigenvalue weighted by Gasteiger charge is -2.09. The second-order valence-corrected chi connectivity index (χ2v) is 5.37. The van der Waals surface area contributed by atoms with E-state index in [1.54, 1.807) is 20.2 Å². The van der Waals surface area contributed by atoms with Crippen molar-refractivity contribution in [3.05, 3.63) is 29.3 Å². The lowest BCUT2D eigenvalue weighted by atomic mass is 10.1. The summed E-state index contributed by atoms with van der Waals surface area (Å²) in [4.78, 5) is 8.44. The second-order valence-electron chi connectivity index (χ2n) is 5.37. The van der Waals surface area contributed by atoms with Gasteiger partial charge in [-0.3, -0.25) is 4.39 Å². The number of ether oxygens (including phenoxy) is 1. The molecule has 21 heavy (non-hydrogen) atoms. The molecule has 0 amide bonds. The van der Waals surface area contributed by atoms with Gasteiger partial charge in [-0.05, 0) is 43.7 Å². The van der Waals surface area contributed by atoms with Crippen LogP contribution >= 0.6 is 0 Å². The molecule has 2 atom stereocenters. The van der Waals surface area contributed by atoms with Crippen molar-refractivity contribution in [3.8, 4) is 17.1 Å². The molecule has 1 aliphatic rings. The van der Waals surface area contributed by atoms with Crippen LogP contribution in [-0.2, 0) is 0 Å². The fraction of sp³-hybridized carbons (Fsp3) is 0.467. The van der Waals surface area contributed by atoms with Crippen LogP contribution in [0.15, 0.2) is 12.3 Å². The molecule has 110 valence electrons. The van der Waals surface area contributed by atoms with E-state index in [-0.39, 0.29) is 18.5 Å². The van der Waals surface area contributed by atoms with Gasteiger partial charge in [-0.15, -0.1) is 5.10 Å². The first-order chi connectivity index (χ1) is 10.1. The molecule has 0 saturated heterocycles. The summed E-state index contributed by atoms with van der Waals surface area (Å²) >= 11 is 0. The number of nitrogens with zero attached hydrogens (tertiary/aromatic N) is 4. The molecule has 1 aliphatic carbocycles. The molecular weight excluding hydrogens is 271 g/mol. The summed E-state index contributed by atoms with van der Waals surface area (Å²) in [5, 5.41) is 8.40. The minimum Gasteiger partial charge on any atom is -0.480 e. The quantitative estimate of drug-likeness (QED) is 0.865. The first-order valence-corrected chi connectivity index (χ1v) is 6.92. The zero-order chi connectivity index (χ0) is 15.0. The van der Waals surface area contributed by atoms with Crippen LogP contribution in [0.25, 0.3) is 11.3 Å². The van der Waals surface area contributed by atoms with Crippen LogP contribution in [0.2, 0.25) is 0 Å². The highest BCUT2D eigenvalue weighted by Crippen LogP contribution is 2.48. The van der Waals surface area contributed by atoms with Crippen molar-refractivity contribution in [2.75, 3.05) is 13.8 Å². The van der Waals surface area contributed by atoms with Gasteiger partial charge in [0.2, 0.25) is 5.88 Å². The zero-order valence-corrected chi connectivity index (χ0v) is 12.3. The van der Waals surface area contributed by atoms with Gasteiger partial charge < -0.3 is 4.74 Å². The normalized spacial score (nSPS) is 20.4. The molecule has 0 bridgehead atoms. The van der Waals surface area contributed by atoms with Crippen molar-refractivity contribution in [1.82, 2.24) is 20.2 Å². The summed E-state index contributed by atoms with van der Waals surface area (Å²) < 4.78 is 18.0. The van der Waals surface area contributed by atoms with Gasteiger partial charge in [0.05, 0.1) is 25.0 Å². The van der Waals surface area contributed by atoms with Crippen LogP contribution in [0.5, 0.6) is 5.88 Å². The van der Waals surface area contributed by atoms with Gasteiger partial charge in [0.15, 0.2) is 0 Å². The van der Waals surface area contributed by atoms with E-state index < -0.39 is 0 Å². The predicted molar refractivity (Wildman–Crippen MR) is 75.9 cm³/mol. The third kappa shape index (κ3) is 2.57. The van der Waals surface area contributed by atoms with E-state index in [4.69, 9.17) is 4.74 Å². The van der Waals surface area contributed by atoms with Crippen molar-refractivity contribution in [3.63, 3.8) is 0 Å². The second kappa shape index (κ2) is 5.35. The first kappa shape index (κ1) is 13.9. The van der Waals surface area contributed by atoms with Crippen molar-refractivity contribution in [1.29, 1.82) is 0 Å². The summed E-state index contributed by atoms with van der Waals surface area (Å²) in [5.74, 6) is 1.48. The van der Waals surface area contributed by atoms with E-state index in [1.807, 2.05) is 13.0 Å². The number of hydrogen-bond donors (Lipinski definition) is 0. The molecule has 0 unspecified atom stereocenters. The number of hydrogen-bond acceptors (Lipinski definition) is 5. The largest absolute Gasteiger partial charge is 0.480 e. The lowest BCUT2D eigenvalue weighted by Crippen LogP contribution is -2.01. The molecule has 2 aromatic rings. The Morgan fingerprint density at radius 2 is 2.14 bits per heavy atom. The Bertz CT molecular complexity index is 677. The Morgan fingerprint density at radius 1 is 1.33 bits per heavy atom. The maximum absolute atomic E-state index is 12.8. The van der Waals surface area contributed by atoms with Crippen LogP contribution in [0.3, 0.4) is 0 Å². The summed E-state index contributed by atoms with van der Waals surface area (Å²) in [6, 6.07) is 1.96. The topological polar surface area (TPSA) is 60.8 Å². The number of methoxy groups -OCH3 is 1. The lowest BCUT2D eigenvalue weighted by molar-refractivity contribution is 0.397. The SMILES string of the molecule is COc1nc(C)ncc1-c1cc([C@H]2C[C@@H]2CF)c(C)nn1. The number of aromatic nitrogens is 4. The molecule has 0 radical (unpaired) electrons. The predicted octanol–water partition coefficient (Wildman–Crippen LogP) is 2.63. The van der Waals surface area contributed by atoms with Crippen LogP contribution < -0.4 is 4.74 Å². The van der Waals surface area contributed by atoms with Gasteiger partial charge in [-0.2, -0.15) is 10.1 Å². The Labute approximate surface area is 122 Å². The van der Waals surface area contributed by atoms with E-state index >= 15 is 0 Å². The maximum atomic E-state index is 12.8. The maximum Gasteiger partial charge on any atom is 0.226 e.